The van der Waals surface area contributed by atoms with Crippen molar-refractivity contribution in [3.05, 3.63) is 0 Å². The minimum atomic E-state index is -3.10. The van der Waals surface area contributed by atoms with Crippen molar-refractivity contribution >= 4 is 21.8 Å². The van der Waals surface area contributed by atoms with E-state index < -0.39 is 10.0 Å². The number of piperidine rings is 1. The minimum absolute atomic E-state index is 0.251. The smallest absolute Gasteiger partial charge is 0.211 e. The topological polar surface area (TPSA) is 61.4 Å². The lowest BCUT2D eigenvalue weighted by molar-refractivity contribution is 0.307. The Morgan fingerprint density at radius 2 is 2.05 bits per heavy atom. The molecule has 0 bridgehead atoms. The third kappa shape index (κ3) is 6.30. The highest BCUT2D eigenvalue weighted by molar-refractivity contribution is 7.99. The molecule has 0 aromatic rings. The molecule has 118 valence electrons. The summed E-state index contributed by atoms with van der Waals surface area (Å²) in [6.45, 7) is 4.58. The minimum Gasteiger partial charge on any atom is -0.314 e. The fourth-order valence-electron chi connectivity index (χ4n) is 2.72. The highest BCUT2D eigenvalue weighted by Gasteiger charge is 2.17. The monoisotopic (exact) mass is 321 g/mol. The molecule has 2 aliphatic rings. The van der Waals surface area contributed by atoms with Crippen LogP contribution in [0.2, 0.25) is 0 Å². The molecule has 5 nitrogen and oxygen atoms in total. The van der Waals surface area contributed by atoms with Gasteiger partial charge in [0.15, 0.2) is 0 Å². The fraction of sp³-hybridized carbons (Fsp3) is 1.00. The first-order valence-corrected chi connectivity index (χ1v) is 10.5. The molecule has 2 saturated heterocycles. The van der Waals surface area contributed by atoms with Crippen LogP contribution in [-0.2, 0) is 10.0 Å². The summed E-state index contributed by atoms with van der Waals surface area (Å²) in [7, 11) is -3.10. The van der Waals surface area contributed by atoms with E-state index >= 15 is 0 Å². The zero-order valence-electron chi connectivity index (χ0n) is 12.1. The fourth-order valence-corrected chi connectivity index (χ4v) is 4.84. The van der Waals surface area contributed by atoms with Crippen LogP contribution in [0.5, 0.6) is 0 Å². The summed E-state index contributed by atoms with van der Waals surface area (Å²) in [5.41, 5.74) is 0. The number of nitrogens with zero attached hydrogens (tertiary/aromatic N) is 1. The second-order valence-corrected chi connectivity index (χ2v) is 8.75. The second kappa shape index (κ2) is 8.58. The molecule has 20 heavy (non-hydrogen) atoms. The van der Waals surface area contributed by atoms with E-state index in [0.717, 1.165) is 39.0 Å². The van der Waals surface area contributed by atoms with Crippen LogP contribution in [0.3, 0.4) is 0 Å². The van der Waals surface area contributed by atoms with E-state index in [9.17, 15) is 8.42 Å². The van der Waals surface area contributed by atoms with Crippen LogP contribution in [-0.4, -0.2) is 69.3 Å². The molecule has 0 aromatic carbocycles. The first-order chi connectivity index (χ1) is 9.66. The van der Waals surface area contributed by atoms with Crippen LogP contribution in [0.25, 0.3) is 0 Å². The van der Waals surface area contributed by atoms with Crippen molar-refractivity contribution in [1.82, 2.24) is 14.9 Å². The van der Waals surface area contributed by atoms with Gasteiger partial charge in [-0.15, -0.1) is 0 Å². The van der Waals surface area contributed by atoms with Gasteiger partial charge in [0, 0.05) is 43.7 Å². The van der Waals surface area contributed by atoms with Gasteiger partial charge in [-0.2, -0.15) is 11.8 Å². The number of thioether (sulfide) groups is 1. The summed E-state index contributed by atoms with van der Waals surface area (Å²) in [5, 5.41) is 3.40. The van der Waals surface area contributed by atoms with Gasteiger partial charge in [0.25, 0.3) is 0 Å². The summed E-state index contributed by atoms with van der Waals surface area (Å²) < 4.78 is 26.6. The standard InChI is InChI=1S/C13H27N3O2S2/c17-20(18,12-4-13-3-1-2-5-14-13)15-6-7-16-8-10-19-11-9-16/h13-15H,1-12H2. The lowest BCUT2D eigenvalue weighted by Gasteiger charge is -2.26. The molecule has 0 amide bonds. The van der Waals surface area contributed by atoms with E-state index in [-0.39, 0.29) is 5.75 Å². The lowest BCUT2D eigenvalue weighted by Crippen LogP contribution is -2.41. The number of rotatable bonds is 7. The first-order valence-electron chi connectivity index (χ1n) is 7.66. The van der Waals surface area contributed by atoms with Gasteiger partial charge in [-0.25, -0.2) is 13.1 Å². The zero-order chi connectivity index (χ0) is 14.3. The molecule has 1 unspecified atom stereocenters. The molecule has 0 aromatic heterocycles. The average Bonchev–Trinajstić information content (AvgIpc) is 2.47. The molecule has 2 rings (SSSR count). The molecule has 0 radical (unpaired) electrons. The molecule has 0 spiro atoms. The van der Waals surface area contributed by atoms with Gasteiger partial charge in [0.1, 0.15) is 0 Å². The van der Waals surface area contributed by atoms with E-state index in [1.54, 1.807) is 0 Å². The van der Waals surface area contributed by atoms with E-state index in [1.165, 1.54) is 24.3 Å². The highest BCUT2D eigenvalue weighted by Crippen LogP contribution is 2.11. The maximum Gasteiger partial charge on any atom is 0.211 e. The van der Waals surface area contributed by atoms with Crippen LogP contribution in [0.4, 0.5) is 0 Å². The summed E-state index contributed by atoms with van der Waals surface area (Å²) in [4.78, 5) is 2.34. The van der Waals surface area contributed by atoms with Gasteiger partial charge in [-0.05, 0) is 25.8 Å². The summed E-state index contributed by atoms with van der Waals surface area (Å²) in [6.07, 6.45) is 4.28. The molecule has 0 saturated carbocycles. The molecule has 0 aliphatic carbocycles. The van der Waals surface area contributed by atoms with Crippen LogP contribution < -0.4 is 10.0 Å². The number of hydrogen-bond acceptors (Lipinski definition) is 5. The summed E-state index contributed by atoms with van der Waals surface area (Å²) >= 11 is 1.97. The van der Waals surface area contributed by atoms with Gasteiger partial charge in [0.2, 0.25) is 10.0 Å². The highest BCUT2D eigenvalue weighted by atomic mass is 32.2. The molecule has 2 heterocycles. The Morgan fingerprint density at radius 3 is 2.75 bits per heavy atom. The molecular weight excluding hydrogens is 294 g/mol. The molecule has 7 heteroatoms. The Bertz CT molecular complexity index is 364. The van der Waals surface area contributed by atoms with Gasteiger partial charge in [0.05, 0.1) is 5.75 Å². The Morgan fingerprint density at radius 1 is 1.25 bits per heavy atom. The van der Waals surface area contributed by atoms with Crippen LogP contribution >= 0.6 is 11.8 Å². The van der Waals surface area contributed by atoms with Crippen LogP contribution in [0.1, 0.15) is 25.7 Å². The molecule has 1 atom stereocenters. The third-order valence-electron chi connectivity index (χ3n) is 4.00. The van der Waals surface area contributed by atoms with E-state index in [2.05, 4.69) is 14.9 Å². The normalized spacial score (nSPS) is 25.7. The number of nitrogens with one attached hydrogen (secondary N) is 2. The van der Waals surface area contributed by atoms with Crippen molar-refractivity contribution < 1.29 is 8.42 Å². The van der Waals surface area contributed by atoms with E-state index in [0.29, 0.717) is 12.6 Å². The van der Waals surface area contributed by atoms with Crippen LogP contribution in [0.15, 0.2) is 0 Å². The quantitative estimate of drug-likeness (QED) is 0.714. The van der Waals surface area contributed by atoms with Crippen molar-refractivity contribution in [3.8, 4) is 0 Å². The van der Waals surface area contributed by atoms with Gasteiger partial charge < -0.3 is 10.2 Å². The van der Waals surface area contributed by atoms with Crippen molar-refractivity contribution in [2.24, 2.45) is 0 Å². The molecule has 2 aliphatic heterocycles. The van der Waals surface area contributed by atoms with Gasteiger partial charge in [-0.1, -0.05) is 6.42 Å². The van der Waals surface area contributed by atoms with Crippen molar-refractivity contribution in [1.29, 1.82) is 0 Å². The predicted molar refractivity (Wildman–Crippen MR) is 85.8 cm³/mol. The molecule has 2 fully saturated rings. The maximum absolute atomic E-state index is 12.0. The molecule has 2 N–H and O–H groups in total. The Hall–Kier alpha value is 0.180. The second-order valence-electron chi connectivity index (χ2n) is 5.60. The van der Waals surface area contributed by atoms with Crippen molar-refractivity contribution in [2.75, 3.05) is 50.0 Å². The lowest BCUT2D eigenvalue weighted by atomic mass is 10.0. The number of hydrogen-bond donors (Lipinski definition) is 2. The predicted octanol–water partition coefficient (Wildman–Crippen LogP) is 0.487. The third-order valence-corrected chi connectivity index (χ3v) is 6.36. The Balaban J connectivity index is 1.60. The summed E-state index contributed by atoms with van der Waals surface area (Å²) in [5.74, 6) is 2.58. The Kier molecular flexibility index (Phi) is 7.10. The van der Waals surface area contributed by atoms with Crippen molar-refractivity contribution in [2.45, 2.75) is 31.7 Å². The maximum atomic E-state index is 12.0. The first kappa shape index (κ1) is 16.5. The van der Waals surface area contributed by atoms with E-state index in [1.807, 2.05) is 11.8 Å². The largest absolute Gasteiger partial charge is 0.314 e. The Labute approximate surface area is 127 Å². The SMILES string of the molecule is O=S(=O)(CCC1CCCCN1)NCCN1CCSCC1. The van der Waals surface area contributed by atoms with Gasteiger partial charge in [-0.3, -0.25) is 0 Å². The molecular formula is C13H27N3O2S2. The zero-order valence-corrected chi connectivity index (χ0v) is 13.8. The van der Waals surface area contributed by atoms with Gasteiger partial charge >= 0.3 is 0 Å². The summed E-state index contributed by atoms with van der Waals surface area (Å²) in [6, 6.07) is 0.388. The van der Waals surface area contributed by atoms with E-state index in [4.69, 9.17) is 0 Å². The van der Waals surface area contributed by atoms with Crippen molar-refractivity contribution in [3.63, 3.8) is 0 Å². The average molecular weight is 322 g/mol. The van der Waals surface area contributed by atoms with Crippen LogP contribution in [0, 0.1) is 0 Å². The number of sulfonamides is 1.